The van der Waals surface area contributed by atoms with Crippen molar-refractivity contribution >= 4 is 19.7 Å². The Hall–Kier alpha value is -0.690. The fourth-order valence-electron chi connectivity index (χ4n) is 0.724. The summed E-state index contributed by atoms with van der Waals surface area (Å²) in [6.07, 6.45) is 0.200. The summed E-state index contributed by atoms with van der Waals surface area (Å²) in [6.45, 7) is 2.48. The maximum Gasteiger partial charge on any atom is 0.233 e. The predicted octanol–water partition coefficient (Wildman–Crippen LogP) is -0.196. The van der Waals surface area contributed by atoms with Gasteiger partial charge >= 0.3 is 0 Å². The SMILES string of the molecule is CCn1nnc(CCS(=O)(=O)Cl)n1. The minimum atomic E-state index is -3.46. The van der Waals surface area contributed by atoms with Crippen LogP contribution >= 0.6 is 10.7 Å². The first-order valence-corrected chi connectivity index (χ1v) is 6.18. The Morgan fingerprint density at radius 2 is 2.23 bits per heavy atom. The second-order valence-electron chi connectivity index (χ2n) is 2.39. The topological polar surface area (TPSA) is 77.7 Å². The zero-order valence-corrected chi connectivity index (χ0v) is 8.59. The van der Waals surface area contributed by atoms with Gasteiger partial charge in [-0.15, -0.1) is 10.2 Å². The van der Waals surface area contributed by atoms with Crippen LogP contribution in [-0.2, 0) is 22.0 Å². The Labute approximate surface area is 80.3 Å². The minimum absolute atomic E-state index is 0.163. The molecule has 0 amide bonds. The van der Waals surface area contributed by atoms with E-state index in [0.29, 0.717) is 12.4 Å². The molecule has 74 valence electrons. The van der Waals surface area contributed by atoms with E-state index in [4.69, 9.17) is 10.7 Å². The van der Waals surface area contributed by atoms with Crippen LogP contribution in [0.25, 0.3) is 0 Å². The van der Waals surface area contributed by atoms with Gasteiger partial charge in [0.15, 0.2) is 5.82 Å². The zero-order chi connectivity index (χ0) is 9.90. The molecule has 0 aliphatic carbocycles. The number of hydrogen-bond donors (Lipinski definition) is 0. The summed E-state index contributed by atoms with van der Waals surface area (Å²) in [5, 5.41) is 11.2. The molecule has 0 saturated heterocycles. The Morgan fingerprint density at radius 1 is 1.54 bits per heavy atom. The zero-order valence-electron chi connectivity index (χ0n) is 7.01. The smallest absolute Gasteiger partial charge is 0.212 e. The van der Waals surface area contributed by atoms with Crippen LogP contribution in [0.1, 0.15) is 12.7 Å². The fraction of sp³-hybridized carbons (Fsp3) is 0.800. The predicted molar refractivity (Wildman–Crippen MR) is 46.8 cm³/mol. The number of tetrazole rings is 1. The summed E-state index contributed by atoms with van der Waals surface area (Å²) in [6, 6.07) is 0. The molecule has 0 unspecified atom stereocenters. The van der Waals surface area contributed by atoms with E-state index in [2.05, 4.69) is 15.4 Å². The van der Waals surface area contributed by atoms with Crippen LogP contribution in [0.5, 0.6) is 0 Å². The van der Waals surface area contributed by atoms with E-state index in [1.54, 1.807) is 0 Å². The molecule has 1 aromatic heterocycles. The first kappa shape index (κ1) is 10.4. The molecule has 0 aliphatic rings. The van der Waals surface area contributed by atoms with E-state index in [1.807, 2.05) is 6.92 Å². The Kier molecular flexibility index (Phi) is 3.21. The van der Waals surface area contributed by atoms with Gasteiger partial charge in [0.25, 0.3) is 0 Å². The van der Waals surface area contributed by atoms with E-state index in [-0.39, 0.29) is 12.2 Å². The minimum Gasteiger partial charge on any atom is -0.212 e. The lowest BCUT2D eigenvalue weighted by atomic mass is 10.5. The van der Waals surface area contributed by atoms with E-state index in [0.717, 1.165) is 0 Å². The van der Waals surface area contributed by atoms with E-state index < -0.39 is 9.05 Å². The molecule has 0 aliphatic heterocycles. The van der Waals surface area contributed by atoms with Gasteiger partial charge in [-0.2, -0.15) is 4.80 Å². The molecule has 0 N–H and O–H groups in total. The third-order valence-corrected chi connectivity index (χ3v) is 2.50. The van der Waals surface area contributed by atoms with Gasteiger partial charge in [-0.3, -0.25) is 0 Å². The quantitative estimate of drug-likeness (QED) is 0.663. The van der Waals surface area contributed by atoms with Crippen LogP contribution in [0.3, 0.4) is 0 Å². The van der Waals surface area contributed by atoms with Crippen molar-refractivity contribution in [2.24, 2.45) is 0 Å². The maximum absolute atomic E-state index is 10.6. The van der Waals surface area contributed by atoms with Crippen LogP contribution in [0.2, 0.25) is 0 Å². The Bertz CT molecular complexity index is 374. The van der Waals surface area contributed by atoms with Crippen molar-refractivity contribution in [2.75, 3.05) is 5.75 Å². The van der Waals surface area contributed by atoms with Gasteiger partial charge in [0, 0.05) is 17.1 Å². The molecule has 0 bridgehead atoms. The molecule has 6 nitrogen and oxygen atoms in total. The van der Waals surface area contributed by atoms with Gasteiger partial charge < -0.3 is 0 Å². The third kappa shape index (κ3) is 3.69. The van der Waals surface area contributed by atoms with E-state index in [9.17, 15) is 8.42 Å². The number of nitrogens with zero attached hydrogens (tertiary/aromatic N) is 4. The lowest BCUT2D eigenvalue weighted by Gasteiger charge is -1.90. The summed E-state index contributed by atoms with van der Waals surface area (Å²) >= 11 is 0. The van der Waals surface area contributed by atoms with Gasteiger partial charge in [-0.1, -0.05) is 0 Å². The van der Waals surface area contributed by atoms with Gasteiger partial charge in [0.05, 0.1) is 12.3 Å². The number of aromatic nitrogens is 4. The molecule has 0 radical (unpaired) electrons. The summed E-state index contributed by atoms with van der Waals surface area (Å²) < 4.78 is 21.1. The van der Waals surface area contributed by atoms with Crippen molar-refractivity contribution in [3.05, 3.63) is 5.82 Å². The van der Waals surface area contributed by atoms with Crippen LogP contribution < -0.4 is 0 Å². The average Bonchev–Trinajstić information content (AvgIpc) is 2.47. The molecule has 13 heavy (non-hydrogen) atoms. The molecule has 1 rings (SSSR count). The van der Waals surface area contributed by atoms with Crippen molar-refractivity contribution < 1.29 is 8.42 Å². The lowest BCUT2D eigenvalue weighted by molar-refractivity contribution is 0.550. The molecule has 0 aromatic carbocycles. The highest BCUT2D eigenvalue weighted by Crippen LogP contribution is 1.99. The van der Waals surface area contributed by atoms with Crippen molar-refractivity contribution in [1.82, 2.24) is 20.2 Å². The monoisotopic (exact) mass is 224 g/mol. The van der Waals surface area contributed by atoms with Crippen LogP contribution in [0.4, 0.5) is 0 Å². The fourth-order valence-corrected chi connectivity index (χ4v) is 1.38. The van der Waals surface area contributed by atoms with Crippen molar-refractivity contribution in [2.45, 2.75) is 19.9 Å². The van der Waals surface area contributed by atoms with Crippen LogP contribution in [0, 0.1) is 0 Å². The van der Waals surface area contributed by atoms with Crippen molar-refractivity contribution in [3.63, 3.8) is 0 Å². The highest BCUT2D eigenvalue weighted by Gasteiger charge is 2.08. The number of rotatable bonds is 4. The van der Waals surface area contributed by atoms with E-state index >= 15 is 0 Å². The molecule has 0 saturated carbocycles. The molecule has 0 fully saturated rings. The second kappa shape index (κ2) is 4.01. The van der Waals surface area contributed by atoms with Crippen LogP contribution in [0.15, 0.2) is 0 Å². The molecular weight excluding hydrogens is 216 g/mol. The summed E-state index contributed by atoms with van der Waals surface area (Å²) in [5.74, 6) is 0.232. The highest BCUT2D eigenvalue weighted by atomic mass is 35.7. The first-order valence-electron chi connectivity index (χ1n) is 3.70. The van der Waals surface area contributed by atoms with Gasteiger partial charge in [0.1, 0.15) is 0 Å². The molecule has 1 heterocycles. The standard InChI is InChI=1S/C5H9ClN4O2S/c1-2-10-8-5(7-9-10)3-4-13(6,11)12/h2-4H2,1H3. The Morgan fingerprint density at radius 3 is 2.69 bits per heavy atom. The van der Waals surface area contributed by atoms with Gasteiger partial charge in [0.2, 0.25) is 9.05 Å². The largest absolute Gasteiger partial charge is 0.233 e. The summed E-state index contributed by atoms with van der Waals surface area (Å²) in [4.78, 5) is 1.39. The molecule has 8 heteroatoms. The van der Waals surface area contributed by atoms with Gasteiger partial charge in [-0.05, 0) is 12.1 Å². The van der Waals surface area contributed by atoms with Crippen LogP contribution in [-0.4, -0.2) is 34.4 Å². The second-order valence-corrected chi connectivity index (χ2v) is 5.28. The Balaban J connectivity index is 2.55. The molecular formula is C5H9ClN4O2S. The third-order valence-electron chi connectivity index (χ3n) is 1.35. The first-order chi connectivity index (χ1) is 6.01. The average molecular weight is 225 g/mol. The van der Waals surface area contributed by atoms with E-state index in [1.165, 1.54) is 4.80 Å². The summed E-state index contributed by atoms with van der Waals surface area (Å²) in [7, 11) is 1.55. The molecule has 0 atom stereocenters. The van der Waals surface area contributed by atoms with Crippen molar-refractivity contribution in [3.8, 4) is 0 Å². The maximum atomic E-state index is 10.6. The van der Waals surface area contributed by atoms with Crippen molar-refractivity contribution in [1.29, 1.82) is 0 Å². The molecule has 1 aromatic rings. The number of aryl methyl sites for hydroxylation is 2. The number of hydrogen-bond acceptors (Lipinski definition) is 5. The highest BCUT2D eigenvalue weighted by molar-refractivity contribution is 8.13. The lowest BCUT2D eigenvalue weighted by Crippen LogP contribution is -2.03. The molecule has 0 spiro atoms. The van der Waals surface area contributed by atoms with Gasteiger partial charge in [-0.25, -0.2) is 8.42 Å². The normalized spacial score (nSPS) is 11.8. The number of halogens is 1. The summed E-state index contributed by atoms with van der Waals surface area (Å²) in [5.41, 5.74) is 0.